The van der Waals surface area contributed by atoms with Gasteiger partial charge in [0.15, 0.2) is 0 Å². The van der Waals surface area contributed by atoms with Crippen LogP contribution in [0.4, 0.5) is 5.69 Å². The van der Waals surface area contributed by atoms with Crippen LogP contribution in [0.3, 0.4) is 0 Å². The first kappa shape index (κ1) is 25.4. The molecule has 32 heavy (non-hydrogen) atoms. The van der Waals surface area contributed by atoms with Crippen LogP contribution in [0.1, 0.15) is 31.9 Å². The van der Waals surface area contributed by atoms with Crippen LogP contribution < -0.4 is 9.62 Å². The number of nitrogens with zero attached hydrogens (tertiary/aromatic N) is 2. The lowest BCUT2D eigenvalue weighted by molar-refractivity contribution is -0.138. The highest BCUT2D eigenvalue weighted by Crippen LogP contribution is 2.23. The summed E-state index contributed by atoms with van der Waals surface area (Å²) in [4.78, 5) is 27.4. The van der Waals surface area contributed by atoms with Crippen molar-refractivity contribution in [2.45, 2.75) is 39.7 Å². The van der Waals surface area contributed by atoms with E-state index in [-0.39, 0.29) is 12.5 Å². The van der Waals surface area contributed by atoms with Crippen molar-refractivity contribution < 1.29 is 18.0 Å². The van der Waals surface area contributed by atoms with Crippen LogP contribution in [0.25, 0.3) is 0 Å². The normalized spacial score (nSPS) is 12.1. The van der Waals surface area contributed by atoms with Crippen LogP contribution in [0.15, 0.2) is 54.6 Å². The second kappa shape index (κ2) is 11.7. The first-order chi connectivity index (χ1) is 15.2. The van der Waals surface area contributed by atoms with Crippen LogP contribution in [-0.4, -0.2) is 57.1 Å². The van der Waals surface area contributed by atoms with Crippen molar-refractivity contribution in [2.24, 2.45) is 0 Å². The van der Waals surface area contributed by atoms with Gasteiger partial charge in [-0.1, -0.05) is 55.5 Å². The molecule has 7 nitrogen and oxygen atoms in total. The first-order valence-electron chi connectivity index (χ1n) is 10.9. The number of para-hydroxylation sites is 1. The fourth-order valence-corrected chi connectivity index (χ4v) is 4.42. The van der Waals surface area contributed by atoms with E-state index < -0.39 is 22.0 Å². The Balaban J connectivity index is 2.33. The van der Waals surface area contributed by atoms with Gasteiger partial charge in [-0.15, -0.1) is 0 Å². The zero-order valence-electron chi connectivity index (χ0n) is 19.2. The van der Waals surface area contributed by atoms with Crippen molar-refractivity contribution in [3.63, 3.8) is 0 Å². The number of anilines is 1. The molecule has 0 saturated carbocycles. The summed E-state index contributed by atoms with van der Waals surface area (Å²) in [5, 5.41) is 2.75. The van der Waals surface area contributed by atoms with Crippen LogP contribution in [0.2, 0.25) is 0 Å². The SMILES string of the molecule is CCNC(=O)C(C)N(CCc1ccccc1)C(=O)CN(c1ccccc1CC)S(C)(=O)=O. The fraction of sp³-hybridized carbons (Fsp3) is 0.417. The van der Waals surface area contributed by atoms with Gasteiger partial charge in [0.1, 0.15) is 12.6 Å². The average Bonchev–Trinajstić information content (AvgIpc) is 2.77. The number of carbonyl (C=O) groups is 2. The predicted octanol–water partition coefficient (Wildman–Crippen LogP) is 2.61. The molecule has 2 aromatic carbocycles. The summed E-state index contributed by atoms with van der Waals surface area (Å²) in [6.45, 7) is 5.79. The zero-order chi connectivity index (χ0) is 23.7. The van der Waals surface area contributed by atoms with E-state index in [9.17, 15) is 18.0 Å². The number of hydrogen-bond acceptors (Lipinski definition) is 4. The molecule has 8 heteroatoms. The third-order valence-corrected chi connectivity index (χ3v) is 6.45. The van der Waals surface area contributed by atoms with Crippen LogP contribution in [0, 0.1) is 0 Å². The van der Waals surface area contributed by atoms with Gasteiger partial charge in [-0.2, -0.15) is 0 Å². The second-order valence-electron chi connectivity index (χ2n) is 7.65. The molecule has 0 aliphatic carbocycles. The second-order valence-corrected chi connectivity index (χ2v) is 9.55. The summed E-state index contributed by atoms with van der Waals surface area (Å²) in [5.74, 6) is -0.690. The molecule has 1 N–H and O–H groups in total. The van der Waals surface area contributed by atoms with Crippen LogP contribution in [0.5, 0.6) is 0 Å². The van der Waals surface area contributed by atoms with E-state index >= 15 is 0 Å². The smallest absolute Gasteiger partial charge is 0.244 e. The van der Waals surface area contributed by atoms with Crippen molar-refractivity contribution in [3.05, 3.63) is 65.7 Å². The Morgan fingerprint density at radius 2 is 1.62 bits per heavy atom. The number of sulfonamides is 1. The molecule has 0 radical (unpaired) electrons. The minimum atomic E-state index is -3.72. The maximum absolute atomic E-state index is 13.4. The lowest BCUT2D eigenvalue weighted by atomic mass is 10.1. The molecule has 2 amide bonds. The molecule has 0 fully saturated rings. The number of benzene rings is 2. The van der Waals surface area contributed by atoms with Gasteiger partial charge in [0.2, 0.25) is 21.8 Å². The molecular weight excluding hydrogens is 426 g/mol. The van der Waals surface area contributed by atoms with Gasteiger partial charge in [0.05, 0.1) is 11.9 Å². The van der Waals surface area contributed by atoms with Gasteiger partial charge < -0.3 is 10.2 Å². The minimum Gasteiger partial charge on any atom is -0.355 e. The van der Waals surface area contributed by atoms with E-state index in [1.54, 1.807) is 19.1 Å². The predicted molar refractivity (Wildman–Crippen MR) is 128 cm³/mol. The van der Waals surface area contributed by atoms with Crippen LogP contribution >= 0.6 is 0 Å². The standard InChI is InChI=1S/C24H33N3O4S/c1-5-21-14-10-11-15-22(21)27(32(4,30)31)18-23(28)26(19(3)24(29)25-6-2)17-16-20-12-8-7-9-13-20/h7-15,19H,5-6,16-18H2,1-4H3,(H,25,29). The summed E-state index contributed by atoms with van der Waals surface area (Å²) in [6.07, 6.45) is 2.28. The summed E-state index contributed by atoms with van der Waals surface area (Å²) < 4.78 is 26.4. The number of aryl methyl sites for hydroxylation is 1. The van der Waals surface area contributed by atoms with Crippen molar-refractivity contribution in [1.29, 1.82) is 0 Å². The number of rotatable bonds is 11. The first-order valence-corrected chi connectivity index (χ1v) is 12.7. The van der Waals surface area contributed by atoms with Gasteiger partial charge in [0, 0.05) is 13.1 Å². The van der Waals surface area contributed by atoms with E-state index in [1.165, 1.54) is 4.90 Å². The monoisotopic (exact) mass is 459 g/mol. The number of nitrogens with one attached hydrogen (secondary N) is 1. The van der Waals surface area contributed by atoms with Crippen molar-refractivity contribution in [3.8, 4) is 0 Å². The summed E-state index contributed by atoms with van der Waals surface area (Å²) >= 11 is 0. The molecule has 2 aromatic rings. The van der Waals surface area contributed by atoms with E-state index in [2.05, 4.69) is 5.32 Å². The van der Waals surface area contributed by atoms with Gasteiger partial charge in [-0.05, 0) is 43.9 Å². The lowest BCUT2D eigenvalue weighted by Gasteiger charge is -2.32. The Morgan fingerprint density at radius 3 is 2.22 bits per heavy atom. The Kier molecular flexibility index (Phi) is 9.26. The molecule has 1 unspecified atom stereocenters. The molecule has 0 aliphatic rings. The molecule has 0 aromatic heterocycles. The quantitative estimate of drug-likeness (QED) is 0.560. The molecule has 0 saturated heterocycles. The maximum atomic E-state index is 13.4. The number of hydrogen-bond donors (Lipinski definition) is 1. The van der Waals surface area contributed by atoms with Gasteiger partial charge in [0.25, 0.3) is 0 Å². The fourth-order valence-electron chi connectivity index (χ4n) is 3.54. The third-order valence-electron chi connectivity index (χ3n) is 5.32. The molecule has 0 spiro atoms. The summed E-state index contributed by atoms with van der Waals surface area (Å²) in [7, 11) is -3.72. The Morgan fingerprint density at radius 1 is 1.00 bits per heavy atom. The molecule has 2 rings (SSSR count). The van der Waals surface area contributed by atoms with E-state index in [1.807, 2.05) is 56.3 Å². The van der Waals surface area contributed by atoms with E-state index in [0.717, 1.165) is 21.7 Å². The summed E-state index contributed by atoms with van der Waals surface area (Å²) in [5.41, 5.74) is 2.35. The summed E-state index contributed by atoms with van der Waals surface area (Å²) in [6, 6.07) is 16.1. The van der Waals surface area contributed by atoms with Gasteiger partial charge >= 0.3 is 0 Å². The number of amides is 2. The third kappa shape index (κ3) is 6.82. The Hall–Kier alpha value is -2.87. The van der Waals surface area contributed by atoms with Gasteiger partial charge in [-0.3, -0.25) is 13.9 Å². The lowest BCUT2D eigenvalue weighted by Crippen LogP contribution is -2.52. The maximum Gasteiger partial charge on any atom is 0.244 e. The average molecular weight is 460 g/mol. The number of likely N-dealkylation sites (N-methyl/N-ethyl adjacent to an activating group) is 1. The van der Waals surface area contributed by atoms with Crippen molar-refractivity contribution in [2.75, 3.05) is 30.2 Å². The zero-order valence-corrected chi connectivity index (χ0v) is 20.1. The minimum absolute atomic E-state index is 0.270. The molecule has 0 bridgehead atoms. The highest BCUT2D eigenvalue weighted by molar-refractivity contribution is 7.92. The molecular formula is C24H33N3O4S. The Labute approximate surface area is 191 Å². The van der Waals surface area contributed by atoms with Crippen molar-refractivity contribution in [1.82, 2.24) is 10.2 Å². The molecule has 0 heterocycles. The largest absolute Gasteiger partial charge is 0.355 e. The molecule has 174 valence electrons. The van der Waals surface area contributed by atoms with E-state index in [0.29, 0.717) is 31.6 Å². The molecule has 1 atom stereocenters. The highest BCUT2D eigenvalue weighted by atomic mass is 32.2. The Bertz CT molecular complexity index is 1010. The highest BCUT2D eigenvalue weighted by Gasteiger charge is 2.30. The van der Waals surface area contributed by atoms with Crippen molar-refractivity contribution >= 4 is 27.5 Å². The van der Waals surface area contributed by atoms with Crippen LogP contribution in [-0.2, 0) is 32.5 Å². The topological polar surface area (TPSA) is 86.8 Å². The van der Waals surface area contributed by atoms with E-state index in [4.69, 9.17) is 0 Å². The molecule has 0 aliphatic heterocycles. The van der Waals surface area contributed by atoms with Gasteiger partial charge in [-0.25, -0.2) is 8.42 Å². The number of carbonyl (C=O) groups excluding carboxylic acids is 2.